The minimum absolute atomic E-state index is 0.234. The molecular formula is C13H10FNO5. The average Bonchev–Trinajstić information content (AvgIpc) is 2.41. The molecule has 0 aromatic heterocycles. The molecule has 104 valence electrons. The van der Waals surface area contributed by atoms with E-state index in [4.69, 9.17) is 5.21 Å². The second kappa shape index (κ2) is 5.25. The van der Waals surface area contributed by atoms with Crippen LogP contribution in [-0.2, 0) is 0 Å². The van der Waals surface area contributed by atoms with Gasteiger partial charge < -0.3 is 15.4 Å². The number of halogens is 1. The van der Waals surface area contributed by atoms with Crippen LogP contribution in [0.5, 0.6) is 11.5 Å². The average molecular weight is 279 g/mol. The minimum atomic E-state index is -1.51. The summed E-state index contributed by atoms with van der Waals surface area (Å²) in [6.07, 6.45) is 0. The summed E-state index contributed by atoms with van der Waals surface area (Å²) in [5.74, 6) is -3.16. The van der Waals surface area contributed by atoms with Gasteiger partial charge in [0.05, 0.1) is 5.56 Å². The highest BCUT2D eigenvalue weighted by molar-refractivity contribution is 6.09. The van der Waals surface area contributed by atoms with Crippen LogP contribution in [0.15, 0.2) is 36.4 Å². The Hall–Kier alpha value is -2.48. The van der Waals surface area contributed by atoms with Crippen LogP contribution < -0.4 is 5.23 Å². The molecule has 7 heteroatoms. The molecular weight excluding hydrogens is 269 g/mol. The Morgan fingerprint density at radius 1 is 1.20 bits per heavy atom. The van der Waals surface area contributed by atoms with Crippen molar-refractivity contribution >= 4 is 11.5 Å². The van der Waals surface area contributed by atoms with Crippen molar-refractivity contribution in [1.82, 2.24) is 0 Å². The zero-order valence-electron chi connectivity index (χ0n) is 10.0. The fourth-order valence-electron chi connectivity index (χ4n) is 1.71. The first-order chi connectivity index (χ1) is 9.41. The lowest BCUT2D eigenvalue weighted by Crippen LogP contribution is -2.99. The normalized spacial score (nSPS) is 12.2. The predicted octanol–water partition coefficient (Wildman–Crippen LogP) is 0.871. The number of rotatable bonds is 3. The first kappa shape index (κ1) is 13.9. The van der Waals surface area contributed by atoms with Crippen LogP contribution in [-0.4, -0.2) is 21.2 Å². The Labute approximate surface area is 112 Å². The lowest BCUT2D eigenvalue weighted by Gasteiger charge is -2.14. The second-order valence-corrected chi connectivity index (χ2v) is 4.01. The summed E-state index contributed by atoms with van der Waals surface area (Å²) < 4.78 is 13.5. The van der Waals surface area contributed by atoms with Gasteiger partial charge in [-0.3, -0.25) is 4.79 Å². The van der Waals surface area contributed by atoms with Gasteiger partial charge >= 0.3 is 0 Å². The summed E-state index contributed by atoms with van der Waals surface area (Å²) in [6.45, 7) is 0. The van der Waals surface area contributed by atoms with Gasteiger partial charge in [0.1, 0.15) is 5.82 Å². The molecule has 0 aliphatic rings. The van der Waals surface area contributed by atoms with Crippen molar-refractivity contribution in [3.05, 3.63) is 58.5 Å². The van der Waals surface area contributed by atoms with Gasteiger partial charge in [0, 0.05) is 11.6 Å². The van der Waals surface area contributed by atoms with E-state index < -0.39 is 34.0 Å². The molecule has 0 radical (unpaired) electrons. The molecule has 0 heterocycles. The van der Waals surface area contributed by atoms with E-state index in [0.29, 0.717) is 0 Å². The van der Waals surface area contributed by atoms with Gasteiger partial charge in [-0.25, -0.2) is 9.60 Å². The topological polar surface area (TPSA) is 105 Å². The van der Waals surface area contributed by atoms with Crippen LogP contribution in [0, 0.1) is 11.0 Å². The van der Waals surface area contributed by atoms with Crippen LogP contribution in [0.25, 0.3) is 0 Å². The monoisotopic (exact) mass is 279 g/mol. The molecule has 0 saturated carbocycles. The van der Waals surface area contributed by atoms with Gasteiger partial charge in [0.2, 0.25) is 11.4 Å². The van der Waals surface area contributed by atoms with Crippen molar-refractivity contribution in [2.24, 2.45) is 0 Å². The van der Waals surface area contributed by atoms with Gasteiger partial charge in [0.15, 0.2) is 11.5 Å². The Balaban J connectivity index is 2.54. The third-order valence-corrected chi connectivity index (χ3v) is 2.70. The van der Waals surface area contributed by atoms with Crippen LogP contribution >= 0.6 is 0 Å². The molecule has 1 atom stereocenters. The van der Waals surface area contributed by atoms with Crippen molar-refractivity contribution in [3.8, 4) is 11.5 Å². The van der Waals surface area contributed by atoms with Crippen molar-refractivity contribution in [2.75, 3.05) is 0 Å². The second-order valence-electron chi connectivity index (χ2n) is 4.01. The number of carbonyl (C=O) groups excluding carboxylic acids is 1. The third kappa shape index (κ3) is 2.45. The minimum Gasteiger partial charge on any atom is -0.595 e. The number of nitrogens with one attached hydrogen (secondary N) is 1. The maximum Gasteiger partial charge on any atom is 0.223 e. The predicted molar refractivity (Wildman–Crippen MR) is 65.4 cm³/mol. The van der Waals surface area contributed by atoms with E-state index in [0.717, 1.165) is 18.2 Å². The summed E-state index contributed by atoms with van der Waals surface area (Å²) in [6, 6.07) is 6.95. The van der Waals surface area contributed by atoms with E-state index in [2.05, 4.69) is 0 Å². The molecule has 20 heavy (non-hydrogen) atoms. The van der Waals surface area contributed by atoms with Crippen LogP contribution in [0.1, 0.15) is 15.9 Å². The first-order valence-electron chi connectivity index (χ1n) is 5.50. The number of ketones is 1. The molecule has 0 fully saturated rings. The number of hydrogen-bond acceptors (Lipinski definition) is 5. The highest BCUT2D eigenvalue weighted by Crippen LogP contribution is 2.33. The number of aromatic hydroxyl groups is 2. The molecule has 0 spiro atoms. The van der Waals surface area contributed by atoms with Crippen LogP contribution in [0.4, 0.5) is 10.1 Å². The van der Waals surface area contributed by atoms with E-state index in [-0.39, 0.29) is 11.1 Å². The zero-order valence-corrected chi connectivity index (χ0v) is 10.0. The Kier molecular flexibility index (Phi) is 3.66. The van der Waals surface area contributed by atoms with E-state index in [9.17, 15) is 24.6 Å². The summed E-state index contributed by atoms with van der Waals surface area (Å²) in [5, 5.41) is 37.1. The summed E-state index contributed by atoms with van der Waals surface area (Å²) in [7, 11) is 0. The molecule has 2 rings (SSSR count). The van der Waals surface area contributed by atoms with Gasteiger partial charge in [-0.15, -0.1) is 0 Å². The summed E-state index contributed by atoms with van der Waals surface area (Å²) in [5.41, 5.74) is -1.12. The molecule has 0 saturated heterocycles. The smallest absolute Gasteiger partial charge is 0.223 e. The lowest BCUT2D eigenvalue weighted by molar-refractivity contribution is -0.991. The molecule has 4 N–H and O–H groups in total. The molecule has 2 aromatic rings. The fraction of sp³-hybridized carbons (Fsp3) is 0. The standard InChI is InChI=1S/C13H10FNO5/c14-9-4-2-1-3-8(9)12(17)7-5-10(15(19)20)13(18)11(16)6-7/h1-6,15-16,18-19H. The van der Waals surface area contributed by atoms with Crippen molar-refractivity contribution in [3.63, 3.8) is 0 Å². The fourth-order valence-corrected chi connectivity index (χ4v) is 1.71. The largest absolute Gasteiger partial charge is 0.595 e. The van der Waals surface area contributed by atoms with Gasteiger partial charge in [-0.2, -0.15) is 5.23 Å². The van der Waals surface area contributed by atoms with E-state index in [1.54, 1.807) is 0 Å². The molecule has 0 aliphatic heterocycles. The molecule has 6 nitrogen and oxygen atoms in total. The van der Waals surface area contributed by atoms with Gasteiger partial charge in [0.25, 0.3) is 0 Å². The summed E-state index contributed by atoms with van der Waals surface area (Å²) in [4.78, 5) is 12.1. The van der Waals surface area contributed by atoms with Crippen molar-refractivity contribution in [2.45, 2.75) is 0 Å². The van der Waals surface area contributed by atoms with Crippen molar-refractivity contribution in [1.29, 1.82) is 0 Å². The highest BCUT2D eigenvalue weighted by Gasteiger charge is 2.20. The van der Waals surface area contributed by atoms with Gasteiger partial charge in [-0.1, -0.05) is 12.1 Å². The van der Waals surface area contributed by atoms with Gasteiger partial charge in [-0.05, 0) is 18.2 Å². The highest BCUT2D eigenvalue weighted by atomic mass is 19.1. The number of hydrogen-bond donors (Lipinski definition) is 4. The zero-order chi connectivity index (χ0) is 14.9. The number of benzene rings is 2. The quantitative estimate of drug-likeness (QED) is 0.379. The number of carbonyl (C=O) groups is 1. The third-order valence-electron chi connectivity index (χ3n) is 2.70. The summed E-state index contributed by atoms with van der Waals surface area (Å²) >= 11 is 0. The molecule has 0 amide bonds. The van der Waals surface area contributed by atoms with E-state index in [1.165, 1.54) is 18.2 Å². The Morgan fingerprint density at radius 3 is 2.45 bits per heavy atom. The molecule has 0 bridgehead atoms. The van der Waals surface area contributed by atoms with Crippen molar-refractivity contribution < 1.29 is 29.8 Å². The SMILES string of the molecule is O=C(c1cc(O)c(O)c([NH+]([O-])O)c1)c1ccccc1F. The molecule has 1 unspecified atom stereocenters. The van der Waals surface area contributed by atoms with E-state index >= 15 is 0 Å². The Morgan fingerprint density at radius 2 is 1.85 bits per heavy atom. The molecule has 2 aromatic carbocycles. The van der Waals surface area contributed by atoms with Crippen LogP contribution in [0.2, 0.25) is 0 Å². The maximum atomic E-state index is 13.5. The number of quaternary nitrogens is 1. The first-order valence-corrected chi connectivity index (χ1v) is 5.50. The number of phenols is 2. The Bertz CT molecular complexity index is 672. The molecule has 0 aliphatic carbocycles. The van der Waals surface area contributed by atoms with E-state index in [1.807, 2.05) is 0 Å². The maximum absolute atomic E-state index is 13.5. The number of phenolic OH excluding ortho intramolecular Hbond substituents is 2. The van der Waals surface area contributed by atoms with Crippen LogP contribution in [0.3, 0.4) is 0 Å². The lowest BCUT2D eigenvalue weighted by atomic mass is 10.0.